The second kappa shape index (κ2) is 4.91. The number of hydrogen-bond donors (Lipinski definition) is 0. The Morgan fingerprint density at radius 3 is 2.58 bits per heavy atom. The molecule has 0 saturated carbocycles. The van der Waals surface area contributed by atoms with Gasteiger partial charge in [-0.15, -0.1) is 0 Å². The first kappa shape index (κ1) is 11.2. The van der Waals surface area contributed by atoms with E-state index in [0.717, 1.165) is 0 Å². The number of hydroxylamine groups is 1. The second-order valence-corrected chi connectivity index (χ2v) is 3.00. The molecule has 0 aromatic rings. The molecule has 1 amide bonds. The molecule has 0 aliphatic rings. The molecule has 6 nitrogen and oxygen atoms in total. The van der Waals surface area contributed by atoms with Crippen LogP contribution in [0.1, 0.15) is 0 Å². The zero-order chi connectivity index (χ0) is 9.72. The Balaban J connectivity index is 4.29. The summed E-state index contributed by atoms with van der Waals surface area (Å²) in [6.07, 6.45) is 0. The smallest absolute Gasteiger partial charge is 0.323 e. The van der Waals surface area contributed by atoms with Gasteiger partial charge in [0.25, 0.3) is 0 Å². The molecule has 1 atom stereocenters. The van der Waals surface area contributed by atoms with E-state index in [-0.39, 0.29) is 4.86 Å². The lowest BCUT2D eigenvalue weighted by Crippen LogP contribution is -2.35. The maximum atomic E-state index is 11.1. The molecule has 0 spiro atoms. The zero-order valence-electron chi connectivity index (χ0n) is 7.02. The predicted octanol–water partition coefficient (Wildman–Crippen LogP) is 0.320. The van der Waals surface area contributed by atoms with E-state index in [1.807, 2.05) is 0 Å². The van der Waals surface area contributed by atoms with Crippen molar-refractivity contribution in [3.63, 3.8) is 0 Å². The molecule has 0 aromatic heterocycles. The van der Waals surface area contributed by atoms with Crippen LogP contribution in [0.2, 0.25) is 0 Å². The van der Waals surface area contributed by atoms with Gasteiger partial charge in [0.1, 0.15) is 7.11 Å². The summed E-state index contributed by atoms with van der Waals surface area (Å²) in [4.78, 5) is 15.7. The van der Waals surface area contributed by atoms with Crippen LogP contribution >= 0.6 is 15.9 Å². The predicted molar refractivity (Wildman–Crippen MR) is 44.5 cm³/mol. The van der Waals surface area contributed by atoms with Crippen molar-refractivity contribution in [2.24, 2.45) is 5.28 Å². The van der Waals surface area contributed by atoms with E-state index in [1.165, 1.54) is 26.1 Å². The normalized spacial score (nSPS) is 13.8. The molecule has 0 saturated heterocycles. The SMILES string of the molecule is CO/N=[N+](\[O-])[C@@H](Br)C(=O)N(C)C. The third-order valence-corrected chi connectivity index (χ3v) is 1.74. The molecule has 0 aliphatic carbocycles. The average Bonchev–Trinajstić information content (AvgIpc) is 2.02. The van der Waals surface area contributed by atoms with E-state index < -0.39 is 10.9 Å². The van der Waals surface area contributed by atoms with Gasteiger partial charge in [-0.25, -0.2) is 0 Å². The van der Waals surface area contributed by atoms with Crippen molar-refractivity contribution in [3.05, 3.63) is 5.21 Å². The highest BCUT2D eigenvalue weighted by Crippen LogP contribution is 2.04. The summed E-state index contributed by atoms with van der Waals surface area (Å²) in [5.41, 5.74) is 0. The van der Waals surface area contributed by atoms with Crippen molar-refractivity contribution in [2.75, 3.05) is 21.2 Å². The summed E-state index contributed by atoms with van der Waals surface area (Å²) in [6, 6.07) is 0. The second-order valence-electron chi connectivity index (χ2n) is 2.14. The first-order valence-electron chi connectivity index (χ1n) is 3.06. The highest BCUT2D eigenvalue weighted by Gasteiger charge is 2.26. The van der Waals surface area contributed by atoms with Gasteiger partial charge in [0, 0.05) is 30.0 Å². The summed E-state index contributed by atoms with van der Waals surface area (Å²) in [5.74, 6) is -0.397. The Hall–Kier alpha value is -0.850. The Bertz CT molecular complexity index is 194. The van der Waals surface area contributed by atoms with Crippen molar-refractivity contribution < 1.29 is 14.5 Å². The summed E-state index contributed by atoms with van der Waals surface area (Å²) in [5, 5.41) is 13.8. The molecule has 0 aromatic carbocycles. The fourth-order valence-corrected chi connectivity index (χ4v) is 0.914. The summed E-state index contributed by atoms with van der Waals surface area (Å²) >= 11 is 2.86. The molecular formula is C5H10BrN3O3. The van der Waals surface area contributed by atoms with Gasteiger partial charge in [0.05, 0.1) is 0 Å². The number of hydrogen-bond acceptors (Lipinski definition) is 4. The van der Waals surface area contributed by atoms with E-state index in [2.05, 4.69) is 26.0 Å². The lowest BCUT2D eigenvalue weighted by atomic mass is 10.6. The van der Waals surface area contributed by atoms with E-state index in [0.29, 0.717) is 0 Å². The number of carbonyl (C=O) groups is 1. The summed E-state index contributed by atoms with van der Waals surface area (Å²) in [7, 11) is 4.30. The van der Waals surface area contributed by atoms with Crippen LogP contribution in [0, 0.1) is 5.21 Å². The van der Waals surface area contributed by atoms with Gasteiger partial charge in [0.2, 0.25) is 5.28 Å². The number of halogens is 1. The van der Waals surface area contributed by atoms with Gasteiger partial charge < -0.3 is 14.9 Å². The molecule has 0 unspecified atom stereocenters. The highest BCUT2D eigenvalue weighted by molar-refractivity contribution is 9.09. The highest BCUT2D eigenvalue weighted by atomic mass is 79.9. The summed E-state index contributed by atoms with van der Waals surface area (Å²) < 4.78 is 0. The number of nitrogens with zero attached hydrogens (tertiary/aromatic N) is 3. The van der Waals surface area contributed by atoms with Crippen LogP contribution in [0.5, 0.6) is 0 Å². The maximum absolute atomic E-state index is 11.1. The lowest BCUT2D eigenvalue weighted by Gasteiger charge is -2.11. The molecule has 0 bridgehead atoms. The monoisotopic (exact) mass is 239 g/mol. The van der Waals surface area contributed by atoms with Crippen LogP contribution in [-0.2, 0) is 9.63 Å². The third-order valence-electron chi connectivity index (χ3n) is 1.00. The maximum Gasteiger partial charge on any atom is 0.323 e. The number of amides is 1. The van der Waals surface area contributed by atoms with Crippen LogP contribution in [0.3, 0.4) is 0 Å². The van der Waals surface area contributed by atoms with Crippen LogP contribution in [-0.4, -0.2) is 41.8 Å². The largest absolute Gasteiger partial charge is 0.596 e. The van der Waals surface area contributed by atoms with E-state index in [1.54, 1.807) is 0 Å². The molecular weight excluding hydrogens is 230 g/mol. The first-order valence-corrected chi connectivity index (χ1v) is 3.98. The zero-order valence-corrected chi connectivity index (χ0v) is 8.61. The Kier molecular flexibility index (Phi) is 4.57. The number of rotatable bonds is 3. The van der Waals surface area contributed by atoms with E-state index >= 15 is 0 Å². The molecule has 12 heavy (non-hydrogen) atoms. The van der Waals surface area contributed by atoms with Crippen molar-refractivity contribution in [1.29, 1.82) is 0 Å². The molecule has 70 valence electrons. The minimum atomic E-state index is -1.03. The van der Waals surface area contributed by atoms with Gasteiger partial charge in [-0.1, -0.05) is 0 Å². The van der Waals surface area contributed by atoms with Gasteiger partial charge in [0.15, 0.2) is 0 Å². The summed E-state index contributed by atoms with van der Waals surface area (Å²) in [6.45, 7) is 0. The standard InChI is InChI=1S/C5H10BrN3O3/c1-8(2)5(10)4(6)9(11)7-12-3/h4H,1-3H3/b9-7-/t4-/m1/s1. The quantitative estimate of drug-likeness (QED) is 0.234. The Morgan fingerprint density at radius 2 is 2.25 bits per heavy atom. The van der Waals surface area contributed by atoms with Crippen molar-refractivity contribution in [1.82, 2.24) is 4.90 Å². The number of carbonyl (C=O) groups excluding carboxylic acids is 1. The Morgan fingerprint density at radius 1 is 1.75 bits per heavy atom. The van der Waals surface area contributed by atoms with Crippen molar-refractivity contribution >= 4 is 21.8 Å². The van der Waals surface area contributed by atoms with Gasteiger partial charge in [-0.05, 0) is 4.86 Å². The fraction of sp³-hybridized carbons (Fsp3) is 0.800. The van der Waals surface area contributed by atoms with Crippen LogP contribution in [0.4, 0.5) is 0 Å². The molecule has 0 radical (unpaired) electrons. The molecule has 0 aliphatic heterocycles. The number of alkyl halides is 1. The number of likely N-dealkylation sites (N-methyl/N-ethyl adjacent to an activating group) is 1. The van der Waals surface area contributed by atoms with Gasteiger partial charge in [-0.2, -0.15) is 0 Å². The molecule has 0 heterocycles. The molecule has 0 fully saturated rings. The van der Waals surface area contributed by atoms with E-state index in [9.17, 15) is 10.0 Å². The minimum absolute atomic E-state index is 0.141. The lowest BCUT2D eigenvalue weighted by molar-refractivity contribution is -0.557. The van der Waals surface area contributed by atoms with Crippen LogP contribution in [0.25, 0.3) is 0 Å². The average molecular weight is 240 g/mol. The van der Waals surface area contributed by atoms with Crippen molar-refractivity contribution in [3.8, 4) is 0 Å². The molecule has 0 N–H and O–H groups in total. The van der Waals surface area contributed by atoms with Crippen LogP contribution in [0.15, 0.2) is 5.28 Å². The topological polar surface area (TPSA) is 68.0 Å². The van der Waals surface area contributed by atoms with Crippen molar-refractivity contribution in [2.45, 2.75) is 4.95 Å². The first-order chi connectivity index (χ1) is 5.50. The van der Waals surface area contributed by atoms with Crippen LogP contribution < -0.4 is 0 Å². The molecule has 7 heteroatoms. The fourth-order valence-electron chi connectivity index (χ4n) is 0.429. The van der Waals surface area contributed by atoms with Gasteiger partial charge >= 0.3 is 10.9 Å². The Labute approximate surface area is 78.5 Å². The third kappa shape index (κ3) is 3.04. The van der Waals surface area contributed by atoms with Gasteiger partial charge in [-0.3, -0.25) is 4.79 Å². The minimum Gasteiger partial charge on any atom is -0.596 e. The van der Waals surface area contributed by atoms with E-state index in [4.69, 9.17) is 0 Å². The molecule has 0 rings (SSSR count).